The minimum Gasteiger partial charge on any atom is -0.316 e. The molecule has 0 aliphatic carbocycles. The van der Waals surface area contributed by atoms with E-state index in [1.165, 1.54) is 12.0 Å². The van der Waals surface area contributed by atoms with Gasteiger partial charge in [0.05, 0.1) is 0 Å². The fourth-order valence-corrected chi connectivity index (χ4v) is 2.27. The Morgan fingerprint density at radius 1 is 1.29 bits per heavy atom. The fraction of sp³-hybridized carbons (Fsp3) is 0.500. The van der Waals surface area contributed by atoms with Gasteiger partial charge in [0, 0.05) is 11.6 Å². The smallest absolute Gasteiger partial charge is 0.0406 e. The second-order valence-corrected chi connectivity index (χ2v) is 4.56. The predicted molar refractivity (Wildman–Crippen MR) is 60.8 cm³/mol. The Morgan fingerprint density at radius 3 is 2.64 bits per heavy atom. The molecule has 0 radical (unpaired) electrons. The topological polar surface area (TPSA) is 12.0 Å². The van der Waals surface area contributed by atoms with E-state index in [2.05, 4.69) is 24.4 Å². The van der Waals surface area contributed by atoms with E-state index < -0.39 is 0 Å². The van der Waals surface area contributed by atoms with Crippen LogP contribution in [0.15, 0.2) is 24.3 Å². The van der Waals surface area contributed by atoms with Crippen LogP contribution in [0.3, 0.4) is 0 Å². The minimum atomic E-state index is 0.654. The summed E-state index contributed by atoms with van der Waals surface area (Å²) in [6, 6.07) is 8.27. The lowest BCUT2D eigenvalue weighted by molar-refractivity contribution is 0.348. The molecule has 1 fully saturated rings. The van der Waals surface area contributed by atoms with E-state index in [1.54, 1.807) is 0 Å². The predicted octanol–water partition coefficient (Wildman–Crippen LogP) is 3.05. The highest BCUT2D eigenvalue weighted by molar-refractivity contribution is 6.30. The van der Waals surface area contributed by atoms with Crippen molar-refractivity contribution in [3.05, 3.63) is 34.9 Å². The average molecular weight is 210 g/mol. The van der Waals surface area contributed by atoms with Crippen molar-refractivity contribution >= 4 is 11.6 Å². The molecule has 0 aromatic heterocycles. The van der Waals surface area contributed by atoms with Crippen LogP contribution in [0, 0.1) is 5.92 Å². The zero-order chi connectivity index (χ0) is 9.97. The van der Waals surface area contributed by atoms with Gasteiger partial charge in [-0.2, -0.15) is 0 Å². The third kappa shape index (κ3) is 2.10. The maximum atomic E-state index is 5.87. The zero-order valence-corrected chi connectivity index (χ0v) is 9.22. The van der Waals surface area contributed by atoms with Crippen LogP contribution >= 0.6 is 11.6 Å². The van der Waals surface area contributed by atoms with Crippen molar-refractivity contribution < 1.29 is 0 Å². The first kappa shape index (κ1) is 10.0. The number of halogens is 1. The van der Waals surface area contributed by atoms with Crippen LogP contribution in [0.1, 0.15) is 24.8 Å². The van der Waals surface area contributed by atoms with E-state index in [1.807, 2.05) is 12.1 Å². The highest BCUT2D eigenvalue weighted by Crippen LogP contribution is 2.29. The third-order valence-electron chi connectivity index (χ3n) is 3.13. The van der Waals surface area contributed by atoms with Gasteiger partial charge in [-0.3, -0.25) is 0 Å². The van der Waals surface area contributed by atoms with Crippen LogP contribution in [0.4, 0.5) is 0 Å². The molecule has 0 spiro atoms. The van der Waals surface area contributed by atoms with Gasteiger partial charge >= 0.3 is 0 Å². The summed E-state index contributed by atoms with van der Waals surface area (Å²) in [5.74, 6) is 1.43. The molecule has 0 unspecified atom stereocenters. The lowest BCUT2D eigenvalue weighted by atomic mass is 9.83. The molecular weight excluding hydrogens is 194 g/mol. The summed E-state index contributed by atoms with van der Waals surface area (Å²) < 4.78 is 0. The Balaban J connectivity index is 2.16. The molecule has 14 heavy (non-hydrogen) atoms. The Kier molecular flexibility index (Phi) is 3.09. The second-order valence-electron chi connectivity index (χ2n) is 4.13. The minimum absolute atomic E-state index is 0.654. The molecule has 1 aliphatic rings. The summed E-state index contributed by atoms with van der Waals surface area (Å²) >= 11 is 5.87. The van der Waals surface area contributed by atoms with Gasteiger partial charge in [0.25, 0.3) is 0 Å². The Hall–Kier alpha value is -0.530. The lowest BCUT2D eigenvalue weighted by Gasteiger charge is -2.29. The summed E-state index contributed by atoms with van der Waals surface area (Å²) in [7, 11) is 0. The molecule has 1 aliphatic heterocycles. The summed E-state index contributed by atoms with van der Waals surface area (Å²) in [6.07, 6.45) is 1.27. The van der Waals surface area contributed by atoms with Crippen molar-refractivity contribution in [3.8, 4) is 0 Å². The van der Waals surface area contributed by atoms with Crippen molar-refractivity contribution in [1.29, 1.82) is 0 Å². The van der Waals surface area contributed by atoms with Crippen LogP contribution in [-0.2, 0) is 0 Å². The van der Waals surface area contributed by atoms with E-state index in [9.17, 15) is 0 Å². The number of benzene rings is 1. The van der Waals surface area contributed by atoms with Crippen LogP contribution in [0.25, 0.3) is 0 Å². The first-order chi connectivity index (χ1) is 6.77. The molecule has 0 bridgehead atoms. The first-order valence-corrected chi connectivity index (χ1v) is 5.61. The molecule has 0 saturated carbocycles. The van der Waals surface area contributed by atoms with Crippen LogP contribution in [0.2, 0.25) is 5.02 Å². The molecule has 1 heterocycles. The number of nitrogens with one attached hydrogen (secondary N) is 1. The Labute approximate surface area is 90.5 Å². The van der Waals surface area contributed by atoms with E-state index in [0.29, 0.717) is 5.92 Å². The van der Waals surface area contributed by atoms with Gasteiger partial charge in [0.15, 0.2) is 0 Å². The van der Waals surface area contributed by atoms with Gasteiger partial charge in [-0.15, -0.1) is 0 Å². The molecular formula is C12H16ClN. The fourth-order valence-electron chi connectivity index (χ4n) is 2.15. The molecule has 2 heteroatoms. The molecule has 2 rings (SSSR count). The van der Waals surface area contributed by atoms with Crippen LogP contribution in [-0.4, -0.2) is 13.1 Å². The molecule has 1 N–H and O–H groups in total. The maximum Gasteiger partial charge on any atom is 0.0406 e. The van der Waals surface area contributed by atoms with Crippen LogP contribution in [0.5, 0.6) is 0 Å². The lowest BCUT2D eigenvalue weighted by Crippen LogP contribution is -2.33. The van der Waals surface area contributed by atoms with E-state index in [4.69, 9.17) is 11.6 Å². The maximum absolute atomic E-state index is 5.87. The summed E-state index contributed by atoms with van der Waals surface area (Å²) in [5, 5.41) is 4.27. The Morgan fingerprint density at radius 2 is 2.00 bits per heavy atom. The summed E-state index contributed by atoms with van der Waals surface area (Å²) in [4.78, 5) is 0. The largest absolute Gasteiger partial charge is 0.316 e. The van der Waals surface area contributed by atoms with Crippen molar-refractivity contribution in [1.82, 2.24) is 5.32 Å². The van der Waals surface area contributed by atoms with Crippen molar-refractivity contribution in [2.75, 3.05) is 13.1 Å². The van der Waals surface area contributed by atoms with E-state index in [-0.39, 0.29) is 0 Å². The number of rotatable bonds is 1. The average Bonchev–Trinajstić information content (AvgIpc) is 2.20. The highest BCUT2D eigenvalue weighted by atomic mass is 35.5. The van der Waals surface area contributed by atoms with Crippen molar-refractivity contribution in [2.45, 2.75) is 19.3 Å². The van der Waals surface area contributed by atoms with Crippen LogP contribution < -0.4 is 5.32 Å². The molecule has 1 nitrogen and oxygen atoms in total. The number of piperidine rings is 1. The Bertz CT molecular complexity index is 294. The van der Waals surface area contributed by atoms with Gasteiger partial charge in [-0.1, -0.05) is 30.7 Å². The quantitative estimate of drug-likeness (QED) is 0.750. The van der Waals surface area contributed by atoms with Crippen molar-refractivity contribution in [2.24, 2.45) is 5.92 Å². The molecule has 2 atom stereocenters. The van der Waals surface area contributed by atoms with Crippen molar-refractivity contribution in [3.63, 3.8) is 0 Å². The van der Waals surface area contributed by atoms with E-state index in [0.717, 1.165) is 24.0 Å². The number of hydrogen-bond donors (Lipinski definition) is 1. The molecule has 1 aromatic carbocycles. The zero-order valence-electron chi connectivity index (χ0n) is 8.46. The number of hydrogen-bond acceptors (Lipinski definition) is 1. The van der Waals surface area contributed by atoms with Gasteiger partial charge in [0.2, 0.25) is 0 Å². The second kappa shape index (κ2) is 4.33. The summed E-state index contributed by atoms with van der Waals surface area (Å²) in [5.41, 5.74) is 1.41. The molecule has 0 amide bonds. The van der Waals surface area contributed by atoms with Gasteiger partial charge in [0.1, 0.15) is 0 Å². The molecule has 1 saturated heterocycles. The van der Waals surface area contributed by atoms with E-state index >= 15 is 0 Å². The van der Waals surface area contributed by atoms with Gasteiger partial charge < -0.3 is 5.32 Å². The molecule has 76 valence electrons. The van der Waals surface area contributed by atoms with Gasteiger partial charge in [-0.25, -0.2) is 0 Å². The monoisotopic (exact) mass is 209 g/mol. The van der Waals surface area contributed by atoms with Gasteiger partial charge in [-0.05, 0) is 42.5 Å². The molecule has 1 aromatic rings. The first-order valence-electron chi connectivity index (χ1n) is 5.23. The SMILES string of the molecule is C[C@@H]1CCNC[C@H]1c1ccc(Cl)cc1. The normalized spacial score (nSPS) is 27.6. The highest BCUT2D eigenvalue weighted by Gasteiger charge is 2.22. The summed E-state index contributed by atoms with van der Waals surface area (Å²) in [6.45, 7) is 4.59. The standard InChI is InChI=1S/C12H16ClN/c1-9-6-7-14-8-12(9)10-2-4-11(13)5-3-10/h2-5,9,12,14H,6-8H2,1H3/t9-,12-/m1/s1. The third-order valence-corrected chi connectivity index (χ3v) is 3.38.